The van der Waals surface area contributed by atoms with Crippen LogP contribution in [-0.2, 0) is 20.4 Å². The van der Waals surface area contributed by atoms with Gasteiger partial charge in [-0.25, -0.2) is 4.98 Å². The summed E-state index contributed by atoms with van der Waals surface area (Å²) in [4.78, 5) is 13.6. The Balaban J connectivity index is 0.00000384. The Bertz CT molecular complexity index is 2600. The number of para-hydroxylation sites is 3. The standard InChI is InChI=1S/C48H31N4S.Pd/c1-3-14-34(15-4-1)35-25-28-44-43(30-35)41-21-8-7-20-40(41)42-27-26-39(32-47(42)52(44)48-24-11-12-29-49-48)53-38-19-13-18-37(31-38)51-33-50(36-16-5-2-6-17-36)45-22-9-10-23-46(45)51;/h1-30,33H;/q-3;. The van der Waals surface area contributed by atoms with Crippen LogP contribution in [0.5, 0.6) is 0 Å². The van der Waals surface area contributed by atoms with Crippen LogP contribution in [0.1, 0.15) is 0 Å². The number of pyridine rings is 1. The molecule has 262 valence electrons. The minimum Gasteiger partial charge on any atom is -0.493 e. The van der Waals surface area contributed by atoms with Crippen LogP contribution in [0.4, 0.5) is 39.9 Å². The van der Waals surface area contributed by atoms with Gasteiger partial charge >= 0.3 is 0 Å². The second-order valence-electron chi connectivity index (χ2n) is 12.9. The molecule has 1 aromatic heterocycles. The number of aromatic nitrogens is 1. The minimum absolute atomic E-state index is 0. The zero-order valence-electron chi connectivity index (χ0n) is 28.9. The number of nitrogens with zero attached hydrogens (tertiary/aromatic N) is 4. The number of hydrogen-bond donors (Lipinski definition) is 0. The fourth-order valence-corrected chi connectivity index (χ4v) is 8.15. The Labute approximate surface area is 334 Å². The fourth-order valence-electron chi connectivity index (χ4n) is 7.32. The van der Waals surface area contributed by atoms with Gasteiger partial charge in [-0.05, 0) is 65.2 Å². The van der Waals surface area contributed by atoms with Crippen molar-refractivity contribution in [3.8, 4) is 33.4 Å². The van der Waals surface area contributed by atoms with Crippen LogP contribution < -0.4 is 14.7 Å². The first-order chi connectivity index (χ1) is 26.3. The zero-order chi connectivity index (χ0) is 35.1. The van der Waals surface area contributed by atoms with E-state index in [4.69, 9.17) is 4.98 Å². The average molecular weight is 802 g/mol. The average Bonchev–Trinajstić information content (AvgIpc) is 3.57. The molecule has 2 aliphatic rings. The van der Waals surface area contributed by atoms with Crippen LogP contribution in [-0.4, -0.2) is 4.98 Å². The normalized spacial score (nSPS) is 12.6. The third-order valence-electron chi connectivity index (χ3n) is 9.75. The van der Waals surface area contributed by atoms with Crippen LogP contribution in [0.2, 0.25) is 0 Å². The molecule has 0 atom stereocenters. The van der Waals surface area contributed by atoms with Crippen molar-refractivity contribution in [2.75, 3.05) is 14.7 Å². The third-order valence-corrected chi connectivity index (χ3v) is 10.7. The SMILES string of the molecule is [Pd].[c-]1c(Sc2[c-]c3c(cc2)-c2ccccc2-c2cc(-c4ccccc4)ccc2N3c2ccccn2)cccc1N1[CH-]N(c2ccccc2)c2ccccc21. The first kappa shape index (κ1) is 33.9. The summed E-state index contributed by atoms with van der Waals surface area (Å²) in [5.74, 6) is 0.841. The van der Waals surface area contributed by atoms with E-state index >= 15 is 0 Å². The minimum atomic E-state index is 0. The summed E-state index contributed by atoms with van der Waals surface area (Å²) in [6.07, 6.45) is 1.86. The molecule has 54 heavy (non-hydrogen) atoms. The van der Waals surface area contributed by atoms with Crippen LogP contribution in [0.15, 0.2) is 192 Å². The van der Waals surface area contributed by atoms with E-state index in [1.807, 2.05) is 24.4 Å². The molecule has 3 heterocycles. The summed E-state index contributed by atoms with van der Waals surface area (Å²) in [6, 6.07) is 69.4. The monoisotopic (exact) mass is 801 g/mol. The molecule has 0 spiro atoms. The van der Waals surface area contributed by atoms with Crippen LogP contribution in [0.25, 0.3) is 33.4 Å². The molecule has 0 N–H and O–H groups in total. The van der Waals surface area contributed by atoms with Gasteiger partial charge in [0, 0.05) is 49.2 Å². The van der Waals surface area contributed by atoms with E-state index < -0.39 is 0 Å². The van der Waals surface area contributed by atoms with Gasteiger partial charge in [0.15, 0.2) is 0 Å². The molecule has 0 saturated heterocycles. The molecule has 0 unspecified atom stereocenters. The molecule has 0 aliphatic carbocycles. The van der Waals surface area contributed by atoms with E-state index in [9.17, 15) is 0 Å². The summed E-state index contributed by atoms with van der Waals surface area (Å²) < 4.78 is 0. The summed E-state index contributed by atoms with van der Waals surface area (Å²) in [5.41, 5.74) is 13.3. The second-order valence-corrected chi connectivity index (χ2v) is 14.0. The van der Waals surface area contributed by atoms with Gasteiger partial charge in [-0.2, -0.15) is 24.3 Å². The molecular weight excluding hydrogens is 771 g/mol. The van der Waals surface area contributed by atoms with Gasteiger partial charge in [-0.1, -0.05) is 108 Å². The van der Waals surface area contributed by atoms with Crippen LogP contribution in [0, 0.1) is 18.8 Å². The van der Waals surface area contributed by atoms with Gasteiger partial charge < -0.3 is 14.7 Å². The molecule has 8 aromatic rings. The van der Waals surface area contributed by atoms with E-state index in [1.54, 1.807) is 11.8 Å². The van der Waals surface area contributed by atoms with E-state index in [-0.39, 0.29) is 20.4 Å². The molecule has 4 nitrogen and oxygen atoms in total. The maximum atomic E-state index is 4.88. The smallest absolute Gasteiger partial charge is 0.135 e. The number of rotatable bonds is 6. The van der Waals surface area contributed by atoms with Gasteiger partial charge in [-0.15, -0.1) is 57.7 Å². The summed E-state index contributed by atoms with van der Waals surface area (Å²) >= 11 is 1.67. The van der Waals surface area contributed by atoms with E-state index in [1.165, 1.54) is 22.3 Å². The zero-order valence-corrected chi connectivity index (χ0v) is 31.3. The Morgan fingerprint density at radius 2 is 1.17 bits per heavy atom. The van der Waals surface area contributed by atoms with Gasteiger partial charge in [0.05, 0.1) is 5.69 Å². The summed E-state index contributed by atoms with van der Waals surface area (Å²) in [7, 11) is 0. The topological polar surface area (TPSA) is 22.6 Å². The van der Waals surface area contributed by atoms with Crippen molar-refractivity contribution in [1.29, 1.82) is 0 Å². The predicted molar refractivity (Wildman–Crippen MR) is 218 cm³/mol. The molecule has 0 amide bonds. The van der Waals surface area contributed by atoms with Crippen molar-refractivity contribution in [3.05, 3.63) is 201 Å². The van der Waals surface area contributed by atoms with Crippen molar-refractivity contribution in [1.82, 2.24) is 4.98 Å². The molecule has 0 saturated carbocycles. The molecule has 7 aromatic carbocycles. The largest absolute Gasteiger partial charge is 0.493 e. The Morgan fingerprint density at radius 1 is 0.481 bits per heavy atom. The molecule has 0 bridgehead atoms. The Morgan fingerprint density at radius 3 is 1.94 bits per heavy atom. The molecule has 0 fully saturated rings. The maximum absolute atomic E-state index is 4.88. The van der Waals surface area contributed by atoms with E-state index in [2.05, 4.69) is 191 Å². The Hall–Kier alpha value is -5.90. The first-order valence-electron chi connectivity index (χ1n) is 17.6. The first-order valence-corrected chi connectivity index (χ1v) is 18.4. The predicted octanol–water partition coefficient (Wildman–Crippen LogP) is 13.0. The molecule has 2 aliphatic heterocycles. The number of benzene rings is 7. The molecule has 0 radical (unpaired) electrons. The van der Waals surface area contributed by atoms with Crippen molar-refractivity contribution >= 4 is 51.7 Å². The van der Waals surface area contributed by atoms with Gasteiger partial charge in [0.1, 0.15) is 5.82 Å². The van der Waals surface area contributed by atoms with Crippen molar-refractivity contribution in [2.24, 2.45) is 0 Å². The third kappa shape index (κ3) is 6.09. The van der Waals surface area contributed by atoms with Crippen molar-refractivity contribution in [3.63, 3.8) is 0 Å². The summed E-state index contributed by atoms with van der Waals surface area (Å²) in [5, 5.41) is 0. The molecule has 10 rings (SSSR count). The van der Waals surface area contributed by atoms with Crippen LogP contribution >= 0.6 is 11.8 Å². The summed E-state index contributed by atoms with van der Waals surface area (Å²) in [6.45, 7) is 2.15. The number of hydrogen-bond acceptors (Lipinski definition) is 5. The van der Waals surface area contributed by atoms with Crippen molar-refractivity contribution in [2.45, 2.75) is 9.79 Å². The van der Waals surface area contributed by atoms with E-state index in [0.29, 0.717) is 0 Å². The van der Waals surface area contributed by atoms with Crippen molar-refractivity contribution < 1.29 is 20.4 Å². The van der Waals surface area contributed by atoms with Gasteiger partial charge in [0.2, 0.25) is 0 Å². The fraction of sp³-hybridized carbons (Fsp3) is 0. The van der Waals surface area contributed by atoms with Gasteiger partial charge in [-0.3, -0.25) is 0 Å². The quantitative estimate of drug-likeness (QED) is 0.123. The number of anilines is 7. The molecule has 6 heteroatoms. The van der Waals surface area contributed by atoms with Gasteiger partial charge in [0.25, 0.3) is 0 Å². The maximum Gasteiger partial charge on any atom is 0.135 e. The van der Waals surface area contributed by atoms with E-state index in [0.717, 1.165) is 60.9 Å². The molecular formula is C48H31N4PdS-3. The Kier molecular flexibility index (Phi) is 9.10. The second kappa shape index (κ2) is 14.5. The number of fused-ring (bicyclic) bond motifs is 6. The van der Waals surface area contributed by atoms with Crippen LogP contribution in [0.3, 0.4) is 0 Å².